The van der Waals surface area contributed by atoms with Crippen LogP contribution < -0.4 is 0 Å². The summed E-state index contributed by atoms with van der Waals surface area (Å²) in [6.07, 6.45) is 0. The van der Waals surface area contributed by atoms with Crippen molar-refractivity contribution in [2.45, 2.75) is 6.92 Å². The topological polar surface area (TPSA) is 63.3 Å². The van der Waals surface area contributed by atoms with Gasteiger partial charge in [0.05, 0.1) is 5.56 Å². The summed E-state index contributed by atoms with van der Waals surface area (Å²) >= 11 is 3.13. The molecule has 0 atom stereocenters. The van der Waals surface area contributed by atoms with Crippen LogP contribution >= 0.6 is 15.9 Å². The highest BCUT2D eigenvalue weighted by Gasteiger charge is 2.19. The monoisotopic (exact) mass is 299 g/mol. The highest BCUT2D eigenvalue weighted by molar-refractivity contribution is 9.10. The Hall–Kier alpha value is -1.69. The zero-order valence-electron chi connectivity index (χ0n) is 8.70. The van der Waals surface area contributed by atoms with Crippen LogP contribution in [-0.2, 0) is 0 Å². The Morgan fingerprint density at radius 3 is 2.76 bits per heavy atom. The molecule has 0 fully saturated rings. The predicted octanol–water partition coefficient (Wildman–Crippen LogP) is 3.25. The maximum atomic E-state index is 13.6. The van der Waals surface area contributed by atoms with E-state index >= 15 is 0 Å². The fourth-order valence-electron chi connectivity index (χ4n) is 1.37. The lowest BCUT2D eigenvalue weighted by Crippen LogP contribution is -1.98. The fraction of sp³-hybridized carbons (Fsp3) is 0.0909. The summed E-state index contributed by atoms with van der Waals surface area (Å²) in [5.74, 6) is -1.62. The molecule has 2 rings (SSSR count). The molecule has 88 valence electrons. The second-order valence-corrected chi connectivity index (χ2v) is 4.27. The molecule has 0 saturated heterocycles. The Kier molecular flexibility index (Phi) is 2.97. The minimum Gasteiger partial charge on any atom is -0.476 e. The fourth-order valence-corrected chi connectivity index (χ4v) is 1.71. The van der Waals surface area contributed by atoms with Crippen molar-refractivity contribution < 1.29 is 18.7 Å². The molecule has 2 aromatic rings. The number of hydrogen-bond donors (Lipinski definition) is 1. The minimum atomic E-state index is -1.20. The summed E-state index contributed by atoms with van der Waals surface area (Å²) in [6, 6.07) is 4.35. The second-order valence-electron chi connectivity index (χ2n) is 3.35. The van der Waals surface area contributed by atoms with Crippen LogP contribution in [-0.4, -0.2) is 16.1 Å². The molecular formula is C11H7BrFNO3. The van der Waals surface area contributed by atoms with E-state index in [1.807, 2.05) is 0 Å². The van der Waals surface area contributed by atoms with Gasteiger partial charge in [-0.25, -0.2) is 14.2 Å². The first kappa shape index (κ1) is 11.8. The summed E-state index contributed by atoms with van der Waals surface area (Å²) in [6.45, 7) is 1.47. The number of aromatic carboxylic acids is 1. The van der Waals surface area contributed by atoms with Crippen molar-refractivity contribution in [2.75, 3.05) is 0 Å². The van der Waals surface area contributed by atoms with Crippen LogP contribution in [0.3, 0.4) is 0 Å². The summed E-state index contributed by atoms with van der Waals surface area (Å²) in [5.41, 5.74) is -0.0777. The lowest BCUT2D eigenvalue weighted by atomic mass is 10.2. The molecule has 17 heavy (non-hydrogen) atoms. The lowest BCUT2D eigenvalue weighted by Gasteiger charge is -1.98. The van der Waals surface area contributed by atoms with Crippen molar-refractivity contribution in [1.29, 1.82) is 0 Å². The first-order valence-electron chi connectivity index (χ1n) is 4.65. The molecule has 4 nitrogen and oxygen atoms in total. The normalized spacial score (nSPS) is 10.5. The van der Waals surface area contributed by atoms with Gasteiger partial charge in [-0.05, 0) is 25.1 Å². The van der Waals surface area contributed by atoms with Gasteiger partial charge >= 0.3 is 5.97 Å². The molecule has 0 aliphatic carbocycles. The SMILES string of the molecule is Cc1oc(-c2ccc(Br)cc2F)nc1C(=O)O. The third-order valence-electron chi connectivity index (χ3n) is 2.16. The molecule has 1 aromatic carbocycles. The largest absolute Gasteiger partial charge is 0.476 e. The van der Waals surface area contributed by atoms with Crippen LogP contribution in [0, 0.1) is 12.7 Å². The number of aromatic nitrogens is 1. The lowest BCUT2D eigenvalue weighted by molar-refractivity contribution is 0.0689. The van der Waals surface area contributed by atoms with Gasteiger partial charge in [0.15, 0.2) is 5.69 Å². The van der Waals surface area contributed by atoms with E-state index in [0.29, 0.717) is 4.47 Å². The first-order chi connectivity index (χ1) is 7.99. The van der Waals surface area contributed by atoms with Crippen LogP contribution in [0.25, 0.3) is 11.5 Å². The Bertz CT molecular complexity index is 594. The predicted molar refractivity (Wildman–Crippen MR) is 61.3 cm³/mol. The molecule has 1 N–H and O–H groups in total. The first-order valence-corrected chi connectivity index (χ1v) is 5.44. The van der Waals surface area contributed by atoms with Gasteiger partial charge in [-0.1, -0.05) is 15.9 Å². The van der Waals surface area contributed by atoms with Crippen LogP contribution in [0.2, 0.25) is 0 Å². The standard InChI is InChI=1S/C11H7BrFNO3/c1-5-9(11(15)16)14-10(17-5)7-3-2-6(12)4-8(7)13/h2-4H,1H3,(H,15,16). The van der Waals surface area contributed by atoms with Crippen LogP contribution in [0.15, 0.2) is 27.1 Å². The van der Waals surface area contributed by atoms with E-state index in [9.17, 15) is 9.18 Å². The van der Waals surface area contributed by atoms with Crippen molar-refractivity contribution in [1.82, 2.24) is 4.98 Å². The Labute approximate surface area is 104 Å². The molecule has 0 bridgehead atoms. The van der Waals surface area contributed by atoms with Gasteiger partial charge in [-0.15, -0.1) is 0 Å². The highest BCUT2D eigenvalue weighted by Crippen LogP contribution is 2.26. The van der Waals surface area contributed by atoms with Crippen molar-refractivity contribution in [3.63, 3.8) is 0 Å². The number of nitrogens with zero attached hydrogens (tertiary/aromatic N) is 1. The summed E-state index contributed by atoms with van der Waals surface area (Å²) in [7, 11) is 0. The maximum Gasteiger partial charge on any atom is 0.358 e. The molecule has 0 unspecified atom stereocenters. The Morgan fingerprint density at radius 1 is 1.53 bits per heavy atom. The van der Waals surface area contributed by atoms with Gasteiger partial charge < -0.3 is 9.52 Å². The molecule has 0 amide bonds. The van der Waals surface area contributed by atoms with Gasteiger partial charge in [0, 0.05) is 4.47 Å². The number of aryl methyl sites for hydroxylation is 1. The summed E-state index contributed by atoms with van der Waals surface area (Å²) < 4.78 is 19.3. The number of benzene rings is 1. The third kappa shape index (κ3) is 2.21. The van der Waals surface area contributed by atoms with E-state index in [0.717, 1.165) is 0 Å². The van der Waals surface area contributed by atoms with Crippen molar-refractivity contribution >= 4 is 21.9 Å². The van der Waals surface area contributed by atoms with Gasteiger partial charge in [-0.2, -0.15) is 0 Å². The molecule has 0 aliphatic rings. The van der Waals surface area contributed by atoms with Crippen LogP contribution in [0.4, 0.5) is 4.39 Å². The van der Waals surface area contributed by atoms with Crippen LogP contribution in [0.1, 0.15) is 16.2 Å². The summed E-state index contributed by atoms with van der Waals surface area (Å²) in [4.78, 5) is 14.5. The quantitative estimate of drug-likeness (QED) is 0.924. The third-order valence-corrected chi connectivity index (χ3v) is 2.65. The van der Waals surface area contributed by atoms with E-state index < -0.39 is 11.8 Å². The second kappa shape index (κ2) is 4.29. The smallest absolute Gasteiger partial charge is 0.358 e. The van der Waals surface area contributed by atoms with Crippen molar-refractivity contribution in [3.8, 4) is 11.5 Å². The zero-order valence-corrected chi connectivity index (χ0v) is 10.3. The molecule has 0 spiro atoms. The average Bonchev–Trinajstić information content (AvgIpc) is 2.60. The molecular weight excluding hydrogens is 293 g/mol. The number of hydrogen-bond acceptors (Lipinski definition) is 3. The number of carboxylic acid groups (broad SMARTS) is 1. The number of carboxylic acids is 1. The number of halogens is 2. The molecule has 6 heteroatoms. The molecule has 1 heterocycles. The summed E-state index contributed by atoms with van der Waals surface area (Å²) in [5, 5.41) is 8.82. The molecule has 0 saturated carbocycles. The average molecular weight is 300 g/mol. The zero-order chi connectivity index (χ0) is 12.6. The van der Waals surface area contributed by atoms with E-state index in [1.54, 1.807) is 6.07 Å². The van der Waals surface area contributed by atoms with E-state index in [-0.39, 0.29) is 22.9 Å². The van der Waals surface area contributed by atoms with E-state index in [4.69, 9.17) is 9.52 Å². The van der Waals surface area contributed by atoms with E-state index in [1.165, 1.54) is 19.1 Å². The van der Waals surface area contributed by atoms with Crippen molar-refractivity contribution in [2.24, 2.45) is 0 Å². The molecule has 1 aromatic heterocycles. The van der Waals surface area contributed by atoms with Gasteiger partial charge in [0.25, 0.3) is 0 Å². The highest BCUT2D eigenvalue weighted by atomic mass is 79.9. The van der Waals surface area contributed by atoms with Gasteiger partial charge in [-0.3, -0.25) is 0 Å². The van der Waals surface area contributed by atoms with Crippen LogP contribution in [0.5, 0.6) is 0 Å². The molecule has 0 aliphatic heterocycles. The number of carbonyl (C=O) groups is 1. The van der Waals surface area contributed by atoms with Gasteiger partial charge in [0.1, 0.15) is 11.6 Å². The molecule has 0 radical (unpaired) electrons. The number of oxazole rings is 1. The maximum absolute atomic E-state index is 13.6. The Morgan fingerprint density at radius 2 is 2.24 bits per heavy atom. The Balaban J connectivity index is 2.53. The van der Waals surface area contributed by atoms with E-state index in [2.05, 4.69) is 20.9 Å². The minimum absolute atomic E-state index is 0.0371. The number of rotatable bonds is 2. The van der Waals surface area contributed by atoms with Crippen molar-refractivity contribution in [3.05, 3.63) is 39.9 Å². The van der Waals surface area contributed by atoms with Gasteiger partial charge in [0.2, 0.25) is 5.89 Å².